The van der Waals surface area contributed by atoms with Crippen molar-refractivity contribution in [2.75, 3.05) is 0 Å². The monoisotopic (exact) mass is 396 g/mol. The van der Waals surface area contributed by atoms with Gasteiger partial charge in [-0.1, -0.05) is 36.2 Å². The summed E-state index contributed by atoms with van der Waals surface area (Å²) in [5.41, 5.74) is 2.80. The summed E-state index contributed by atoms with van der Waals surface area (Å²) in [5, 5.41) is 2.52. The lowest BCUT2D eigenvalue weighted by Crippen LogP contribution is -2.32. The van der Waals surface area contributed by atoms with Crippen molar-refractivity contribution in [3.63, 3.8) is 0 Å². The molecule has 0 amide bonds. The number of hydrogen-bond acceptors (Lipinski definition) is 5. The average Bonchev–Trinajstić information content (AvgIpc) is 3.14. The Morgan fingerprint density at radius 1 is 1.21 bits per heavy atom. The van der Waals surface area contributed by atoms with Crippen LogP contribution in [0.15, 0.2) is 40.8 Å². The molecule has 146 valence electrons. The summed E-state index contributed by atoms with van der Waals surface area (Å²) in [5.74, 6) is -0.359. The molecule has 0 aliphatic heterocycles. The molecule has 0 unspecified atom stereocenters. The predicted molar refractivity (Wildman–Crippen MR) is 112 cm³/mol. The van der Waals surface area contributed by atoms with E-state index in [0.29, 0.717) is 10.2 Å². The molecule has 3 aromatic rings. The van der Waals surface area contributed by atoms with Crippen molar-refractivity contribution < 1.29 is 9.53 Å². The van der Waals surface area contributed by atoms with Gasteiger partial charge in [0.15, 0.2) is 0 Å². The third-order valence-electron chi connectivity index (χ3n) is 5.48. The minimum atomic E-state index is -0.697. The van der Waals surface area contributed by atoms with Crippen molar-refractivity contribution in [3.8, 4) is 11.1 Å². The van der Waals surface area contributed by atoms with Gasteiger partial charge >= 0.3 is 5.97 Å². The zero-order chi connectivity index (χ0) is 19.7. The lowest BCUT2D eigenvalue weighted by molar-refractivity contribution is -0.154. The van der Waals surface area contributed by atoms with Crippen LogP contribution in [0, 0.1) is 6.92 Å². The van der Waals surface area contributed by atoms with Crippen molar-refractivity contribution in [1.82, 2.24) is 9.55 Å². The van der Waals surface area contributed by atoms with Gasteiger partial charge in [0.25, 0.3) is 5.56 Å². The highest BCUT2D eigenvalue weighted by Crippen LogP contribution is 2.31. The highest BCUT2D eigenvalue weighted by molar-refractivity contribution is 7.17. The van der Waals surface area contributed by atoms with E-state index in [9.17, 15) is 9.59 Å². The van der Waals surface area contributed by atoms with Gasteiger partial charge in [0.05, 0.1) is 11.7 Å². The summed E-state index contributed by atoms with van der Waals surface area (Å²) >= 11 is 1.44. The van der Waals surface area contributed by atoms with E-state index in [-0.39, 0.29) is 17.6 Å². The van der Waals surface area contributed by atoms with E-state index >= 15 is 0 Å². The minimum absolute atomic E-state index is 0.0274. The van der Waals surface area contributed by atoms with Crippen molar-refractivity contribution in [1.29, 1.82) is 0 Å². The standard InChI is InChI=1S/C22H24N2O3S/c1-14-8-10-16(11-9-14)18-12-28-20-19(18)21(25)24(13-23-20)15(2)22(26)27-17-6-4-3-5-7-17/h8-13,15,17H,3-7H2,1-2H3/t15-/m0/s1. The molecule has 0 N–H and O–H groups in total. The normalized spacial score (nSPS) is 16.2. The average molecular weight is 397 g/mol. The van der Waals surface area contributed by atoms with E-state index in [2.05, 4.69) is 4.98 Å². The Bertz CT molecular complexity index is 1050. The highest BCUT2D eigenvalue weighted by atomic mass is 32.1. The molecule has 1 aliphatic rings. The molecular weight excluding hydrogens is 372 g/mol. The Morgan fingerprint density at radius 3 is 2.64 bits per heavy atom. The van der Waals surface area contributed by atoms with E-state index in [1.807, 2.05) is 36.6 Å². The third kappa shape index (κ3) is 3.61. The molecule has 0 radical (unpaired) electrons. The number of carbonyl (C=O) groups excluding carboxylic acids is 1. The maximum Gasteiger partial charge on any atom is 0.329 e. The van der Waals surface area contributed by atoms with Gasteiger partial charge in [-0.2, -0.15) is 0 Å². The quantitative estimate of drug-likeness (QED) is 0.590. The first-order valence-corrected chi connectivity index (χ1v) is 10.7. The van der Waals surface area contributed by atoms with Crippen LogP contribution in [0.1, 0.15) is 50.6 Å². The summed E-state index contributed by atoms with van der Waals surface area (Å²) in [6.07, 6.45) is 6.64. The van der Waals surface area contributed by atoms with Gasteiger partial charge in [-0.15, -0.1) is 11.3 Å². The van der Waals surface area contributed by atoms with Crippen molar-refractivity contribution in [3.05, 3.63) is 51.9 Å². The van der Waals surface area contributed by atoms with Gasteiger partial charge in [0, 0.05) is 10.9 Å². The molecule has 2 heterocycles. The van der Waals surface area contributed by atoms with Gasteiger partial charge < -0.3 is 4.74 Å². The SMILES string of the molecule is Cc1ccc(-c2csc3ncn([C@@H](C)C(=O)OC4CCCCC4)c(=O)c23)cc1. The molecule has 1 fully saturated rings. The molecule has 6 heteroatoms. The van der Waals surface area contributed by atoms with Crippen LogP contribution in [0.5, 0.6) is 0 Å². The molecule has 5 nitrogen and oxygen atoms in total. The molecule has 4 rings (SSSR count). The Balaban J connectivity index is 1.67. The van der Waals surface area contributed by atoms with Crippen LogP contribution in [-0.2, 0) is 9.53 Å². The van der Waals surface area contributed by atoms with E-state index in [1.165, 1.54) is 28.7 Å². The summed E-state index contributed by atoms with van der Waals surface area (Å²) in [6.45, 7) is 3.74. The van der Waals surface area contributed by atoms with Crippen LogP contribution in [0.4, 0.5) is 0 Å². The molecule has 1 saturated carbocycles. The fourth-order valence-electron chi connectivity index (χ4n) is 3.73. The van der Waals surface area contributed by atoms with Gasteiger partial charge in [-0.25, -0.2) is 9.78 Å². The zero-order valence-electron chi connectivity index (χ0n) is 16.2. The van der Waals surface area contributed by atoms with Crippen LogP contribution in [0.2, 0.25) is 0 Å². The number of nitrogens with zero attached hydrogens (tertiary/aromatic N) is 2. The Kier molecular flexibility index (Phi) is 5.31. The maximum absolute atomic E-state index is 13.2. The number of ether oxygens (including phenoxy) is 1. The number of aryl methyl sites for hydroxylation is 1. The van der Waals surface area contributed by atoms with E-state index < -0.39 is 6.04 Å². The van der Waals surface area contributed by atoms with Gasteiger partial charge in [0.1, 0.15) is 17.0 Å². The summed E-state index contributed by atoms with van der Waals surface area (Å²) in [4.78, 5) is 30.9. The van der Waals surface area contributed by atoms with Crippen LogP contribution in [-0.4, -0.2) is 21.6 Å². The van der Waals surface area contributed by atoms with Crippen molar-refractivity contribution >= 4 is 27.5 Å². The lowest BCUT2D eigenvalue weighted by Gasteiger charge is -2.24. The Hall–Kier alpha value is -2.47. The number of fused-ring (bicyclic) bond motifs is 1. The number of rotatable bonds is 4. The summed E-state index contributed by atoms with van der Waals surface area (Å²) < 4.78 is 7.06. The third-order valence-corrected chi connectivity index (χ3v) is 6.36. The zero-order valence-corrected chi connectivity index (χ0v) is 17.0. The molecule has 1 atom stereocenters. The molecule has 28 heavy (non-hydrogen) atoms. The fraction of sp³-hybridized carbons (Fsp3) is 0.409. The van der Waals surface area contributed by atoms with Gasteiger partial charge in [0.2, 0.25) is 0 Å². The number of esters is 1. The van der Waals surface area contributed by atoms with Crippen LogP contribution >= 0.6 is 11.3 Å². The van der Waals surface area contributed by atoms with Gasteiger partial charge in [-0.05, 0) is 45.1 Å². The smallest absolute Gasteiger partial charge is 0.329 e. The highest BCUT2D eigenvalue weighted by Gasteiger charge is 2.25. The van der Waals surface area contributed by atoms with Crippen molar-refractivity contribution in [2.24, 2.45) is 0 Å². The second-order valence-corrected chi connectivity index (χ2v) is 8.38. The largest absolute Gasteiger partial charge is 0.461 e. The number of hydrogen-bond donors (Lipinski definition) is 0. The molecule has 1 aromatic carbocycles. The molecule has 1 aliphatic carbocycles. The van der Waals surface area contributed by atoms with Crippen LogP contribution in [0.25, 0.3) is 21.3 Å². The van der Waals surface area contributed by atoms with E-state index in [0.717, 1.165) is 42.4 Å². The second-order valence-electron chi connectivity index (χ2n) is 7.53. The van der Waals surface area contributed by atoms with E-state index in [4.69, 9.17) is 4.74 Å². The molecule has 2 aromatic heterocycles. The number of carbonyl (C=O) groups is 1. The summed E-state index contributed by atoms with van der Waals surface area (Å²) in [7, 11) is 0. The number of aromatic nitrogens is 2. The van der Waals surface area contributed by atoms with Crippen LogP contribution in [0.3, 0.4) is 0 Å². The molecule has 0 spiro atoms. The minimum Gasteiger partial charge on any atom is -0.461 e. The fourth-order valence-corrected chi connectivity index (χ4v) is 4.63. The van der Waals surface area contributed by atoms with Crippen molar-refractivity contribution in [2.45, 2.75) is 58.1 Å². The first-order chi connectivity index (χ1) is 13.5. The maximum atomic E-state index is 13.2. The summed E-state index contributed by atoms with van der Waals surface area (Å²) in [6, 6.07) is 7.37. The lowest BCUT2D eigenvalue weighted by atomic mass is 9.98. The molecule has 0 saturated heterocycles. The first kappa shape index (κ1) is 18.9. The number of thiophene rings is 1. The van der Waals surface area contributed by atoms with Gasteiger partial charge in [-0.3, -0.25) is 9.36 Å². The number of benzene rings is 1. The predicted octanol–water partition coefficient (Wildman–Crippen LogP) is 4.87. The van der Waals surface area contributed by atoms with Crippen LogP contribution < -0.4 is 5.56 Å². The Morgan fingerprint density at radius 2 is 1.93 bits per heavy atom. The topological polar surface area (TPSA) is 61.2 Å². The Labute approximate surface area is 168 Å². The van der Waals surface area contributed by atoms with E-state index in [1.54, 1.807) is 6.92 Å². The molecular formula is C22H24N2O3S. The second kappa shape index (κ2) is 7.87. The first-order valence-electron chi connectivity index (χ1n) is 9.80. The molecule has 0 bridgehead atoms.